The van der Waals surface area contributed by atoms with E-state index in [-0.39, 0.29) is 29.2 Å². The highest BCUT2D eigenvalue weighted by molar-refractivity contribution is 8.04. The lowest BCUT2D eigenvalue weighted by molar-refractivity contribution is -0.139. The number of ether oxygens (including phenoxy) is 1. The number of benzene rings is 1. The van der Waals surface area contributed by atoms with Gasteiger partial charge in [-0.15, -0.1) is 11.8 Å². The van der Waals surface area contributed by atoms with Crippen molar-refractivity contribution in [2.75, 3.05) is 0 Å². The molecule has 1 saturated carbocycles. The van der Waals surface area contributed by atoms with Gasteiger partial charge in [0.15, 0.2) is 0 Å². The van der Waals surface area contributed by atoms with Crippen molar-refractivity contribution in [3.05, 3.63) is 34.7 Å². The van der Waals surface area contributed by atoms with Crippen LogP contribution in [-0.4, -0.2) is 34.1 Å². The fraction of sp³-hybridized carbons (Fsp3) is 0.565. The van der Waals surface area contributed by atoms with E-state index in [9.17, 15) is 9.59 Å². The highest BCUT2D eigenvalue weighted by Crippen LogP contribution is 2.40. The van der Waals surface area contributed by atoms with E-state index in [1.807, 2.05) is 38.1 Å². The van der Waals surface area contributed by atoms with Crippen LogP contribution in [-0.2, 0) is 9.59 Å². The second kappa shape index (κ2) is 9.17. The van der Waals surface area contributed by atoms with Crippen molar-refractivity contribution >= 4 is 29.1 Å². The third kappa shape index (κ3) is 4.62. The van der Waals surface area contributed by atoms with Crippen LogP contribution < -0.4 is 4.74 Å². The number of thioether (sulfide) groups is 1. The zero-order valence-electron chi connectivity index (χ0n) is 17.4. The van der Waals surface area contributed by atoms with E-state index in [1.54, 1.807) is 4.90 Å². The molecule has 1 aromatic carbocycles. The molecule has 152 valence electrons. The van der Waals surface area contributed by atoms with Crippen LogP contribution >= 0.6 is 11.8 Å². The summed E-state index contributed by atoms with van der Waals surface area (Å²) in [5, 5.41) is 0.236. The molecule has 0 saturated heterocycles. The highest BCUT2D eigenvalue weighted by Gasteiger charge is 2.43. The molecule has 1 aliphatic carbocycles. The van der Waals surface area contributed by atoms with Crippen molar-refractivity contribution in [3.8, 4) is 5.75 Å². The summed E-state index contributed by atoms with van der Waals surface area (Å²) in [6.07, 6.45) is 6.50. The number of amides is 2. The molecule has 1 aliphatic heterocycles. The minimum atomic E-state index is -0.127. The predicted octanol–water partition coefficient (Wildman–Crippen LogP) is 5.42. The summed E-state index contributed by atoms with van der Waals surface area (Å²) >= 11 is 1.50. The SMILES string of the molecule is CC(C)Oc1ccc(C2=C(SC(C)C)C(=O)N(C3CCCCCC3)C2=O)cc1. The molecular weight excluding hydrogens is 370 g/mol. The van der Waals surface area contributed by atoms with Gasteiger partial charge in [-0.3, -0.25) is 14.5 Å². The maximum Gasteiger partial charge on any atom is 0.268 e. The Labute approximate surface area is 172 Å². The molecule has 0 unspecified atom stereocenters. The Morgan fingerprint density at radius 1 is 0.929 bits per heavy atom. The molecule has 2 amide bonds. The Bertz CT molecular complexity index is 744. The molecule has 0 aromatic heterocycles. The molecule has 1 heterocycles. The van der Waals surface area contributed by atoms with Crippen LogP contribution in [0.3, 0.4) is 0 Å². The van der Waals surface area contributed by atoms with E-state index in [0.717, 1.165) is 37.0 Å². The lowest BCUT2D eigenvalue weighted by Crippen LogP contribution is -2.40. The average Bonchev–Trinajstić information content (AvgIpc) is 2.82. The van der Waals surface area contributed by atoms with Gasteiger partial charge in [0.2, 0.25) is 0 Å². The number of carbonyl (C=O) groups excluding carboxylic acids is 2. The summed E-state index contributed by atoms with van der Waals surface area (Å²) in [5.74, 6) is 0.542. The van der Waals surface area contributed by atoms with Crippen molar-refractivity contribution < 1.29 is 14.3 Å². The maximum atomic E-state index is 13.4. The van der Waals surface area contributed by atoms with Crippen molar-refractivity contribution in [1.29, 1.82) is 0 Å². The maximum absolute atomic E-state index is 13.4. The molecule has 0 N–H and O–H groups in total. The molecule has 1 fully saturated rings. The number of hydrogen-bond acceptors (Lipinski definition) is 4. The summed E-state index contributed by atoms with van der Waals surface area (Å²) in [4.78, 5) is 28.8. The predicted molar refractivity (Wildman–Crippen MR) is 115 cm³/mol. The molecule has 0 bridgehead atoms. The van der Waals surface area contributed by atoms with Crippen molar-refractivity contribution in [1.82, 2.24) is 4.90 Å². The summed E-state index contributed by atoms with van der Waals surface area (Å²) in [7, 11) is 0. The Balaban J connectivity index is 1.93. The molecule has 0 spiro atoms. The van der Waals surface area contributed by atoms with Gasteiger partial charge in [0.05, 0.1) is 16.6 Å². The number of imide groups is 1. The van der Waals surface area contributed by atoms with Gasteiger partial charge in [0.1, 0.15) is 5.75 Å². The molecule has 5 heteroatoms. The lowest BCUT2D eigenvalue weighted by atomic mass is 10.0. The number of nitrogens with zero attached hydrogens (tertiary/aromatic N) is 1. The molecule has 2 aliphatic rings. The minimum Gasteiger partial charge on any atom is -0.491 e. The van der Waals surface area contributed by atoms with E-state index in [4.69, 9.17) is 4.74 Å². The van der Waals surface area contributed by atoms with Crippen molar-refractivity contribution in [2.45, 2.75) is 83.6 Å². The van der Waals surface area contributed by atoms with Gasteiger partial charge < -0.3 is 4.74 Å². The van der Waals surface area contributed by atoms with Crippen LogP contribution in [0.5, 0.6) is 5.75 Å². The van der Waals surface area contributed by atoms with Gasteiger partial charge in [-0.1, -0.05) is 51.7 Å². The molecule has 1 aromatic rings. The van der Waals surface area contributed by atoms with Gasteiger partial charge in [-0.05, 0) is 44.4 Å². The Morgan fingerprint density at radius 3 is 2.07 bits per heavy atom. The van der Waals surface area contributed by atoms with Crippen molar-refractivity contribution in [2.24, 2.45) is 0 Å². The lowest BCUT2D eigenvalue weighted by Gasteiger charge is -2.25. The quantitative estimate of drug-likeness (QED) is 0.472. The zero-order valence-corrected chi connectivity index (χ0v) is 18.2. The summed E-state index contributed by atoms with van der Waals surface area (Å²) in [6.45, 7) is 8.08. The monoisotopic (exact) mass is 401 g/mol. The van der Waals surface area contributed by atoms with Crippen LogP contribution in [0.1, 0.15) is 71.8 Å². The van der Waals surface area contributed by atoms with Crippen LogP contribution in [0, 0.1) is 0 Å². The van der Waals surface area contributed by atoms with Crippen LogP contribution in [0.4, 0.5) is 0 Å². The first-order valence-corrected chi connectivity index (χ1v) is 11.3. The van der Waals surface area contributed by atoms with Crippen LogP contribution in [0.15, 0.2) is 29.2 Å². The van der Waals surface area contributed by atoms with Crippen LogP contribution in [0.2, 0.25) is 0 Å². The second-order valence-electron chi connectivity index (χ2n) is 8.19. The third-order valence-electron chi connectivity index (χ3n) is 5.13. The average molecular weight is 402 g/mol. The zero-order chi connectivity index (χ0) is 20.3. The fourth-order valence-electron chi connectivity index (χ4n) is 3.95. The first-order chi connectivity index (χ1) is 13.4. The normalized spacial score (nSPS) is 19.1. The van der Waals surface area contributed by atoms with Crippen molar-refractivity contribution in [3.63, 3.8) is 0 Å². The second-order valence-corrected chi connectivity index (χ2v) is 9.77. The van der Waals surface area contributed by atoms with Gasteiger partial charge in [0, 0.05) is 11.3 Å². The summed E-state index contributed by atoms with van der Waals surface area (Å²) in [5.41, 5.74) is 1.36. The van der Waals surface area contributed by atoms with Gasteiger partial charge in [-0.25, -0.2) is 0 Å². The largest absolute Gasteiger partial charge is 0.491 e. The van der Waals surface area contributed by atoms with E-state index in [2.05, 4.69) is 13.8 Å². The van der Waals surface area contributed by atoms with Gasteiger partial charge in [0.25, 0.3) is 11.8 Å². The topological polar surface area (TPSA) is 46.6 Å². The van der Waals surface area contributed by atoms with E-state index < -0.39 is 0 Å². The Morgan fingerprint density at radius 2 is 1.54 bits per heavy atom. The Kier molecular flexibility index (Phi) is 6.86. The standard InChI is InChI=1S/C23H31NO3S/c1-15(2)27-19-13-11-17(12-14-19)20-21(28-16(3)4)23(26)24(22(20)25)18-9-7-5-6-8-10-18/h11-16,18H,5-10H2,1-4H3. The number of hydrogen-bond donors (Lipinski definition) is 0. The molecular formula is C23H31NO3S. The smallest absolute Gasteiger partial charge is 0.268 e. The number of carbonyl (C=O) groups is 2. The van der Waals surface area contributed by atoms with Gasteiger partial charge >= 0.3 is 0 Å². The molecule has 0 atom stereocenters. The summed E-state index contributed by atoms with van der Waals surface area (Å²) in [6, 6.07) is 7.59. The first kappa shape index (κ1) is 21.0. The first-order valence-electron chi connectivity index (χ1n) is 10.4. The molecule has 0 radical (unpaired) electrons. The van der Waals surface area contributed by atoms with Gasteiger partial charge in [-0.2, -0.15) is 0 Å². The number of rotatable bonds is 6. The third-order valence-corrected chi connectivity index (χ3v) is 6.22. The van der Waals surface area contributed by atoms with Crippen LogP contribution in [0.25, 0.3) is 5.57 Å². The minimum absolute atomic E-state index is 0.0336. The summed E-state index contributed by atoms with van der Waals surface area (Å²) < 4.78 is 5.72. The Hall–Kier alpha value is -1.75. The highest BCUT2D eigenvalue weighted by atomic mass is 32.2. The fourth-order valence-corrected chi connectivity index (χ4v) is 4.94. The molecule has 28 heavy (non-hydrogen) atoms. The van der Waals surface area contributed by atoms with E-state index in [1.165, 1.54) is 24.6 Å². The van der Waals surface area contributed by atoms with E-state index >= 15 is 0 Å². The molecule has 3 rings (SSSR count). The van der Waals surface area contributed by atoms with E-state index in [0.29, 0.717) is 10.5 Å². The molecule has 4 nitrogen and oxygen atoms in total.